The van der Waals surface area contributed by atoms with Crippen molar-refractivity contribution in [2.45, 2.75) is 12.8 Å². The summed E-state index contributed by atoms with van der Waals surface area (Å²) in [6.07, 6.45) is -0.0419. The molecule has 0 saturated heterocycles. The summed E-state index contributed by atoms with van der Waals surface area (Å²) >= 11 is 2.11. The Labute approximate surface area is 95.3 Å². The van der Waals surface area contributed by atoms with Crippen LogP contribution in [0.5, 0.6) is 0 Å². The smallest absolute Gasteiger partial charge is 0.303 e. The molecular formula is C10H9IO3. The van der Waals surface area contributed by atoms with Crippen molar-refractivity contribution in [1.82, 2.24) is 0 Å². The van der Waals surface area contributed by atoms with Gasteiger partial charge in [0.2, 0.25) is 0 Å². The zero-order valence-electron chi connectivity index (χ0n) is 7.37. The van der Waals surface area contributed by atoms with Gasteiger partial charge in [-0.1, -0.05) is 12.1 Å². The molecule has 0 aliphatic heterocycles. The van der Waals surface area contributed by atoms with Gasteiger partial charge in [-0.25, -0.2) is 0 Å². The lowest BCUT2D eigenvalue weighted by Crippen LogP contribution is -2.03. The first-order chi connectivity index (χ1) is 6.59. The minimum atomic E-state index is -0.941. The lowest BCUT2D eigenvalue weighted by molar-refractivity contribution is -0.136. The van der Waals surface area contributed by atoms with Gasteiger partial charge in [-0.15, -0.1) is 0 Å². The molecule has 3 nitrogen and oxygen atoms in total. The van der Waals surface area contributed by atoms with Gasteiger partial charge in [0, 0.05) is 15.6 Å². The maximum absolute atomic E-state index is 11.4. The van der Waals surface area contributed by atoms with E-state index in [2.05, 4.69) is 22.6 Å². The highest BCUT2D eigenvalue weighted by Crippen LogP contribution is 2.10. The molecule has 1 aromatic carbocycles. The van der Waals surface area contributed by atoms with Gasteiger partial charge in [0.25, 0.3) is 0 Å². The molecule has 0 saturated carbocycles. The summed E-state index contributed by atoms with van der Waals surface area (Å²) in [5, 5.41) is 8.41. The lowest BCUT2D eigenvalue weighted by atomic mass is 10.1. The van der Waals surface area contributed by atoms with Crippen LogP contribution in [0.25, 0.3) is 0 Å². The first kappa shape index (κ1) is 11.2. The largest absolute Gasteiger partial charge is 0.481 e. The van der Waals surface area contributed by atoms with Crippen molar-refractivity contribution in [2.75, 3.05) is 0 Å². The molecule has 0 spiro atoms. The third kappa shape index (κ3) is 3.45. The van der Waals surface area contributed by atoms with Gasteiger partial charge in [-0.2, -0.15) is 0 Å². The first-order valence-corrected chi connectivity index (χ1v) is 5.18. The number of carboxylic acid groups (broad SMARTS) is 1. The number of ketones is 1. The number of carbonyl (C=O) groups excluding carboxylic acids is 1. The second kappa shape index (κ2) is 5.09. The Morgan fingerprint density at radius 3 is 2.57 bits per heavy atom. The monoisotopic (exact) mass is 304 g/mol. The average molecular weight is 304 g/mol. The number of benzene rings is 1. The SMILES string of the molecule is O=C(O)CCC(=O)c1cccc(I)c1. The maximum atomic E-state index is 11.4. The molecule has 0 atom stereocenters. The fourth-order valence-electron chi connectivity index (χ4n) is 1.03. The molecule has 14 heavy (non-hydrogen) atoms. The maximum Gasteiger partial charge on any atom is 0.303 e. The van der Waals surface area contributed by atoms with Gasteiger partial charge in [0.1, 0.15) is 0 Å². The van der Waals surface area contributed by atoms with Crippen LogP contribution < -0.4 is 0 Å². The zero-order chi connectivity index (χ0) is 10.6. The van der Waals surface area contributed by atoms with Crippen molar-refractivity contribution in [3.63, 3.8) is 0 Å². The number of aliphatic carboxylic acids is 1. The van der Waals surface area contributed by atoms with E-state index in [4.69, 9.17) is 5.11 Å². The highest BCUT2D eigenvalue weighted by molar-refractivity contribution is 14.1. The van der Waals surface area contributed by atoms with Gasteiger partial charge in [0.05, 0.1) is 6.42 Å². The number of halogens is 1. The second-order valence-electron chi connectivity index (χ2n) is 2.83. The summed E-state index contributed by atoms with van der Waals surface area (Å²) in [6, 6.07) is 7.13. The molecule has 0 heterocycles. The minimum absolute atomic E-state index is 0.0649. The van der Waals surface area contributed by atoms with E-state index >= 15 is 0 Å². The van der Waals surface area contributed by atoms with E-state index in [-0.39, 0.29) is 18.6 Å². The van der Waals surface area contributed by atoms with Crippen LogP contribution in [0.1, 0.15) is 23.2 Å². The summed E-state index contributed by atoms with van der Waals surface area (Å²) in [5.41, 5.74) is 0.582. The highest BCUT2D eigenvalue weighted by Gasteiger charge is 2.08. The Balaban J connectivity index is 2.65. The average Bonchev–Trinajstić information content (AvgIpc) is 2.14. The molecule has 0 aliphatic carbocycles. The highest BCUT2D eigenvalue weighted by atomic mass is 127. The van der Waals surface area contributed by atoms with Crippen LogP contribution in [0, 0.1) is 3.57 Å². The van der Waals surface area contributed by atoms with Gasteiger partial charge in [-0.3, -0.25) is 9.59 Å². The third-order valence-corrected chi connectivity index (χ3v) is 2.38. The summed E-state index contributed by atoms with van der Waals surface area (Å²) in [7, 11) is 0. The van der Waals surface area contributed by atoms with E-state index in [0.29, 0.717) is 5.56 Å². The molecule has 0 aliphatic rings. The van der Waals surface area contributed by atoms with E-state index < -0.39 is 5.97 Å². The van der Waals surface area contributed by atoms with Crippen LogP contribution in [0.4, 0.5) is 0 Å². The van der Waals surface area contributed by atoms with Crippen LogP contribution in [-0.2, 0) is 4.79 Å². The molecule has 0 radical (unpaired) electrons. The summed E-state index contributed by atoms with van der Waals surface area (Å²) in [6.45, 7) is 0. The number of Topliss-reactive ketones (excluding diaryl/α,β-unsaturated/α-hetero) is 1. The predicted octanol–water partition coefficient (Wildman–Crippen LogP) is 2.34. The Kier molecular flexibility index (Phi) is 4.06. The Hall–Kier alpha value is -0.910. The molecule has 0 unspecified atom stereocenters. The molecule has 74 valence electrons. The fraction of sp³-hybridized carbons (Fsp3) is 0.200. The lowest BCUT2D eigenvalue weighted by Gasteiger charge is -1.99. The molecule has 0 aromatic heterocycles. The van der Waals surface area contributed by atoms with Crippen molar-refractivity contribution in [3.05, 3.63) is 33.4 Å². The fourth-order valence-corrected chi connectivity index (χ4v) is 1.57. The Morgan fingerprint density at radius 1 is 1.29 bits per heavy atom. The van der Waals surface area contributed by atoms with Crippen molar-refractivity contribution in [3.8, 4) is 0 Å². The summed E-state index contributed by atoms with van der Waals surface area (Å²) < 4.78 is 0.976. The van der Waals surface area contributed by atoms with Crippen LogP contribution in [0.3, 0.4) is 0 Å². The van der Waals surface area contributed by atoms with Crippen LogP contribution in [0.15, 0.2) is 24.3 Å². The second-order valence-corrected chi connectivity index (χ2v) is 4.07. The molecule has 0 amide bonds. The van der Waals surface area contributed by atoms with E-state index in [1.807, 2.05) is 6.07 Å². The van der Waals surface area contributed by atoms with Gasteiger partial charge < -0.3 is 5.11 Å². The minimum Gasteiger partial charge on any atom is -0.481 e. The number of hydrogen-bond acceptors (Lipinski definition) is 2. The number of carboxylic acids is 1. The standard InChI is InChI=1S/C10H9IO3/c11-8-3-1-2-7(6-8)9(12)4-5-10(13)14/h1-3,6H,4-5H2,(H,13,14). The van der Waals surface area contributed by atoms with Gasteiger partial charge in [-0.05, 0) is 34.7 Å². The first-order valence-electron chi connectivity index (χ1n) is 4.10. The number of hydrogen-bond donors (Lipinski definition) is 1. The topological polar surface area (TPSA) is 54.4 Å². The van der Waals surface area contributed by atoms with Crippen molar-refractivity contribution >= 4 is 34.3 Å². The van der Waals surface area contributed by atoms with E-state index in [9.17, 15) is 9.59 Å². The number of carbonyl (C=O) groups is 2. The molecule has 0 fully saturated rings. The van der Waals surface area contributed by atoms with Crippen molar-refractivity contribution in [2.24, 2.45) is 0 Å². The van der Waals surface area contributed by atoms with E-state index in [1.165, 1.54) is 0 Å². The summed E-state index contributed by atoms with van der Waals surface area (Å²) in [4.78, 5) is 21.7. The molecule has 1 rings (SSSR count). The zero-order valence-corrected chi connectivity index (χ0v) is 9.52. The van der Waals surface area contributed by atoms with Crippen molar-refractivity contribution < 1.29 is 14.7 Å². The molecular weight excluding hydrogens is 295 g/mol. The normalized spacial score (nSPS) is 9.79. The van der Waals surface area contributed by atoms with Crippen LogP contribution in [0.2, 0.25) is 0 Å². The predicted molar refractivity (Wildman–Crippen MR) is 60.4 cm³/mol. The van der Waals surface area contributed by atoms with Crippen LogP contribution >= 0.6 is 22.6 Å². The molecule has 4 heteroatoms. The van der Waals surface area contributed by atoms with Crippen LogP contribution in [-0.4, -0.2) is 16.9 Å². The summed E-state index contributed by atoms with van der Waals surface area (Å²) in [5.74, 6) is -1.06. The Morgan fingerprint density at radius 2 is 2.00 bits per heavy atom. The van der Waals surface area contributed by atoms with E-state index in [0.717, 1.165) is 3.57 Å². The quantitative estimate of drug-likeness (QED) is 0.686. The third-order valence-electron chi connectivity index (χ3n) is 1.71. The van der Waals surface area contributed by atoms with Gasteiger partial charge in [0.15, 0.2) is 5.78 Å². The molecule has 1 N–H and O–H groups in total. The van der Waals surface area contributed by atoms with Crippen molar-refractivity contribution in [1.29, 1.82) is 0 Å². The van der Waals surface area contributed by atoms with E-state index in [1.54, 1.807) is 18.2 Å². The molecule has 0 bridgehead atoms. The Bertz CT molecular complexity index is 360. The molecule has 1 aromatic rings. The van der Waals surface area contributed by atoms with Gasteiger partial charge >= 0.3 is 5.97 Å². The number of rotatable bonds is 4.